The molecular formula is C8H15BrO. The monoisotopic (exact) mass is 206 g/mol. The van der Waals surface area contributed by atoms with Gasteiger partial charge in [0.15, 0.2) is 0 Å². The third-order valence-corrected chi connectivity index (χ3v) is 2.79. The first-order chi connectivity index (χ1) is 4.83. The molecule has 0 atom stereocenters. The van der Waals surface area contributed by atoms with Gasteiger partial charge in [-0.2, -0.15) is 0 Å². The van der Waals surface area contributed by atoms with Crippen LogP contribution < -0.4 is 0 Å². The number of rotatable bonds is 2. The smallest absolute Gasteiger partial charge is 0.0540 e. The fraction of sp³-hybridized carbons (Fsp3) is 1.00. The van der Waals surface area contributed by atoms with E-state index in [1.54, 1.807) is 0 Å². The van der Waals surface area contributed by atoms with Gasteiger partial charge in [-0.15, -0.1) is 0 Å². The Hall–Kier alpha value is 0.440. The molecule has 1 aliphatic carbocycles. The van der Waals surface area contributed by atoms with Crippen LogP contribution in [-0.2, 0) is 0 Å². The Morgan fingerprint density at radius 2 is 1.80 bits per heavy atom. The summed E-state index contributed by atoms with van der Waals surface area (Å²) >= 11 is 3.44. The summed E-state index contributed by atoms with van der Waals surface area (Å²) in [7, 11) is 0. The molecule has 1 saturated carbocycles. The molecule has 0 aromatic carbocycles. The molecule has 60 valence electrons. The molecule has 1 aliphatic rings. The number of hydrogen-bond donors (Lipinski definition) is 1. The van der Waals surface area contributed by atoms with Crippen molar-refractivity contribution in [3.05, 3.63) is 0 Å². The third kappa shape index (κ3) is 2.59. The fourth-order valence-electron chi connectivity index (χ4n) is 1.59. The zero-order valence-electron chi connectivity index (χ0n) is 6.22. The Balaban J connectivity index is 2.13. The average molecular weight is 207 g/mol. The summed E-state index contributed by atoms with van der Waals surface area (Å²) < 4.78 is 0. The van der Waals surface area contributed by atoms with Crippen LogP contribution in [0, 0.1) is 5.92 Å². The van der Waals surface area contributed by atoms with Crippen molar-refractivity contribution in [3.8, 4) is 0 Å². The van der Waals surface area contributed by atoms with Crippen LogP contribution >= 0.6 is 15.9 Å². The molecule has 1 N–H and O–H groups in total. The molecule has 0 radical (unpaired) electrons. The number of aliphatic hydroxyl groups excluding tert-OH is 1. The Kier molecular flexibility index (Phi) is 3.71. The Labute approximate surface area is 70.9 Å². The van der Waals surface area contributed by atoms with Crippen LogP contribution in [0.3, 0.4) is 0 Å². The fourth-order valence-corrected chi connectivity index (χ4v) is 2.24. The van der Waals surface area contributed by atoms with Crippen LogP contribution in [-0.4, -0.2) is 16.5 Å². The van der Waals surface area contributed by atoms with Crippen LogP contribution in [0.25, 0.3) is 0 Å². The maximum atomic E-state index is 9.18. The van der Waals surface area contributed by atoms with Gasteiger partial charge in [0.2, 0.25) is 0 Å². The topological polar surface area (TPSA) is 20.2 Å². The summed E-state index contributed by atoms with van der Waals surface area (Å²) in [6.45, 7) is 0. The zero-order valence-corrected chi connectivity index (χ0v) is 7.81. The number of alkyl halides is 1. The minimum Gasteiger partial charge on any atom is -0.393 e. The normalized spacial score (nSPS) is 34.2. The number of hydrogen-bond acceptors (Lipinski definition) is 1. The van der Waals surface area contributed by atoms with Gasteiger partial charge < -0.3 is 5.11 Å². The molecule has 0 saturated heterocycles. The highest BCUT2D eigenvalue weighted by molar-refractivity contribution is 9.09. The lowest BCUT2D eigenvalue weighted by atomic mass is 9.86. The molecule has 2 heteroatoms. The molecule has 1 nitrogen and oxygen atoms in total. The van der Waals surface area contributed by atoms with E-state index in [0.717, 1.165) is 24.1 Å². The Morgan fingerprint density at radius 1 is 1.20 bits per heavy atom. The largest absolute Gasteiger partial charge is 0.393 e. The molecule has 0 heterocycles. The second kappa shape index (κ2) is 4.35. The van der Waals surface area contributed by atoms with Crippen LogP contribution in [0.1, 0.15) is 32.1 Å². The van der Waals surface area contributed by atoms with Crippen LogP contribution in [0.4, 0.5) is 0 Å². The zero-order chi connectivity index (χ0) is 7.40. The van der Waals surface area contributed by atoms with Crippen molar-refractivity contribution >= 4 is 15.9 Å². The molecule has 0 spiro atoms. The van der Waals surface area contributed by atoms with E-state index >= 15 is 0 Å². The minimum atomic E-state index is 0.00609. The molecule has 0 unspecified atom stereocenters. The van der Waals surface area contributed by atoms with Gasteiger partial charge in [-0.25, -0.2) is 0 Å². The van der Waals surface area contributed by atoms with Crippen LogP contribution in [0.15, 0.2) is 0 Å². The van der Waals surface area contributed by atoms with Crippen molar-refractivity contribution in [3.63, 3.8) is 0 Å². The number of halogens is 1. The van der Waals surface area contributed by atoms with Gasteiger partial charge in [0.05, 0.1) is 6.10 Å². The van der Waals surface area contributed by atoms with E-state index < -0.39 is 0 Å². The molecule has 1 rings (SSSR count). The molecule has 0 aromatic rings. The van der Waals surface area contributed by atoms with Crippen molar-refractivity contribution < 1.29 is 5.11 Å². The quantitative estimate of drug-likeness (QED) is 0.689. The van der Waals surface area contributed by atoms with Gasteiger partial charge in [-0.05, 0) is 38.0 Å². The van der Waals surface area contributed by atoms with Gasteiger partial charge in [-0.1, -0.05) is 15.9 Å². The Bertz CT molecular complexity index is 87.3. The first-order valence-corrected chi connectivity index (χ1v) is 5.19. The van der Waals surface area contributed by atoms with Crippen LogP contribution in [0.2, 0.25) is 0 Å². The van der Waals surface area contributed by atoms with Crippen molar-refractivity contribution in [2.75, 3.05) is 5.33 Å². The minimum absolute atomic E-state index is 0.00609. The molecular weight excluding hydrogens is 192 g/mol. The summed E-state index contributed by atoms with van der Waals surface area (Å²) in [5, 5.41) is 10.3. The van der Waals surface area contributed by atoms with Crippen molar-refractivity contribution in [1.29, 1.82) is 0 Å². The second-order valence-corrected chi connectivity index (χ2v) is 3.95. The maximum Gasteiger partial charge on any atom is 0.0540 e. The SMILES string of the molecule is OC1CCC(CCBr)CC1. The lowest BCUT2D eigenvalue weighted by Crippen LogP contribution is -2.18. The van der Waals surface area contributed by atoms with E-state index in [9.17, 15) is 5.11 Å². The molecule has 10 heavy (non-hydrogen) atoms. The predicted molar refractivity (Wildman–Crippen MR) is 46.4 cm³/mol. The molecule has 0 aliphatic heterocycles. The highest BCUT2D eigenvalue weighted by atomic mass is 79.9. The van der Waals surface area contributed by atoms with E-state index in [4.69, 9.17) is 0 Å². The number of aliphatic hydroxyl groups is 1. The highest BCUT2D eigenvalue weighted by Gasteiger charge is 2.17. The first-order valence-electron chi connectivity index (χ1n) is 4.07. The van der Waals surface area contributed by atoms with Gasteiger partial charge in [0.1, 0.15) is 0 Å². The van der Waals surface area contributed by atoms with Gasteiger partial charge in [-0.3, -0.25) is 0 Å². The Morgan fingerprint density at radius 3 is 2.30 bits per heavy atom. The third-order valence-electron chi connectivity index (χ3n) is 2.33. The summed E-state index contributed by atoms with van der Waals surface area (Å²) in [6.07, 6.45) is 5.80. The summed E-state index contributed by atoms with van der Waals surface area (Å²) in [6, 6.07) is 0. The summed E-state index contributed by atoms with van der Waals surface area (Å²) in [5.74, 6) is 0.878. The van der Waals surface area contributed by atoms with Gasteiger partial charge in [0.25, 0.3) is 0 Å². The van der Waals surface area contributed by atoms with E-state index in [1.165, 1.54) is 19.3 Å². The molecule has 0 amide bonds. The standard InChI is InChI=1S/C8H15BrO/c9-6-5-7-1-3-8(10)4-2-7/h7-8,10H,1-6H2. The van der Waals surface area contributed by atoms with E-state index in [1.807, 2.05) is 0 Å². The molecule has 0 aromatic heterocycles. The average Bonchev–Trinajstić information content (AvgIpc) is 1.95. The molecule has 0 bridgehead atoms. The lowest BCUT2D eigenvalue weighted by Gasteiger charge is -2.24. The van der Waals surface area contributed by atoms with E-state index in [-0.39, 0.29) is 6.10 Å². The summed E-state index contributed by atoms with van der Waals surface area (Å²) in [5.41, 5.74) is 0. The summed E-state index contributed by atoms with van der Waals surface area (Å²) in [4.78, 5) is 0. The molecule has 1 fully saturated rings. The lowest BCUT2D eigenvalue weighted by molar-refractivity contribution is 0.108. The van der Waals surface area contributed by atoms with Gasteiger partial charge in [0, 0.05) is 5.33 Å². The van der Waals surface area contributed by atoms with E-state index in [0.29, 0.717) is 0 Å². The van der Waals surface area contributed by atoms with Gasteiger partial charge >= 0.3 is 0 Å². The van der Waals surface area contributed by atoms with E-state index in [2.05, 4.69) is 15.9 Å². The highest BCUT2D eigenvalue weighted by Crippen LogP contribution is 2.26. The van der Waals surface area contributed by atoms with Crippen molar-refractivity contribution in [1.82, 2.24) is 0 Å². The predicted octanol–water partition coefficient (Wildman–Crippen LogP) is 2.32. The first kappa shape index (κ1) is 8.54. The van der Waals surface area contributed by atoms with Crippen LogP contribution in [0.5, 0.6) is 0 Å². The second-order valence-electron chi connectivity index (χ2n) is 3.15. The maximum absolute atomic E-state index is 9.18. The van der Waals surface area contributed by atoms with Crippen molar-refractivity contribution in [2.24, 2.45) is 5.92 Å². The van der Waals surface area contributed by atoms with Crippen molar-refractivity contribution in [2.45, 2.75) is 38.2 Å².